The van der Waals surface area contributed by atoms with Crippen molar-refractivity contribution in [3.8, 4) is 11.3 Å². The van der Waals surface area contributed by atoms with E-state index in [2.05, 4.69) is 15.1 Å². The lowest BCUT2D eigenvalue weighted by Gasteiger charge is -2.16. The number of rotatable bonds is 2. The highest BCUT2D eigenvalue weighted by molar-refractivity contribution is 5.86. The van der Waals surface area contributed by atoms with Gasteiger partial charge >= 0.3 is 6.18 Å². The summed E-state index contributed by atoms with van der Waals surface area (Å²) in [5.41, 5.74) is 1.14. The first-order valence-electron chi connectivity index (χ1n) is 12.9. The quantitative estimate of drug-likeness (QED) is 0.283. The number of nitrogen functional groups attached to an aromatic ring is 1. The second kappa shape index (κ2) is 13.0. The lowest BCUT2D eigenvalue weighted by Crippen LogP contribution is -2.24. The molecule has 13 heteroatoms. The number of halogens is 4. The molecule has 0 bridgehead atoms. The van der Waals surface area contributed by atoms with Gasteiger partial charge in [0.25, 0.3) is 11.1 Å². The van der Waals surface area contributed by atoms with Crippen molar-refractivity contribution in [1.29, 1.82) is 0 Å². The number of hydrogen-bond donors (Lipinski definition) is 3. The van der Waals surface area contributed by atoms with Crippen molar-refractivity contribution in [1.82, 2.24) is 24.7 Å². The van der Waals surface area contributed by atoms with Crippen LogP contribution in [0.3, 0.4) is 0 Å². The number of nitrogens with one attached hydrogen (secondary N) is 1. The van der Waals surface area contributed by atoms with Gasteiger partial charge in [0.2, 0.25) is 0 Å². The summed E-state index contributed by atoms with van der Waals surface area (Å²) in [4.78, 5) is 30.9. The second-order valence-electron chi connectivity index (χ2n) is 10.1. The number of H-pyrrole nitrogens is 1. The van der Waals surface area contributed by atoms with Crippen LogP contribution in [0.1, 0.15) is 63.6 Å². The van der Waals surface area contributed by atoms with Crippen molar-refractivity contribution in [3.05, 3.63) is 80.8 Å². The predicted octanol–water partition coefficient (Wildman–Crippen LogP) is 5.07. The van der Waals surface area contributed by atoms with Crippen molar-refractivity contribution in [2.24, 2.45) is 7.05 Å². The van der Waals surface area contributed by atoms with Gasteiger partial charge in [-0.25, -0.2) is 9.49 Å². The molecule has 41 heavy (non-hydrogen) atoms. The third-order valence-corrected chi connectivity index (χ3v) is 6.39. The first-order valence-corrected chi connectivity index (χ1v) is 12.9. The van der Waals surface area contributed by atoms with Crippen LogP contribution in [0.25, 0.3) is 22.0 Å². The summed E-state index contributed by atoms with van der Waals surface area (Å²) in [6.07, 6.45) is 9.47. The van der Waals surface area contributed by atoms with Crippen LogP contribution in [0.5, 0.6) is 0 Å². The molecule has 5 rings (SSSR count). The van der Waals surface area contributed by atoms with Gasteiger partial charge in [0, 0.05) is 18.8 Å². The first kappa shape index (κ1) is 31.4. The molecule has 1 aromatic carbocycles. The SMILES string of the molecule is C1CCCCC1.Cn1ccc2cc(-c3cnc(C(C)(C)O)cn3)c(F)cc2c1=O.Nc1cn[nH]c(=O)c1C(F)(F)F. The molecule has 0 saturated heterocycles. The lowest BCUT2D eigenvalue weighted by molar-refractivity contribution is -0.138. The number of nitrogens with zero attached hydrogens (tertiary/aromatic N) is 4. The van der Waals surface area contributed by atoms with Crippen molar-refractivity contribution in [2.75, 3.05) is 5.73 Å². The van der Waals surface area contributed by atoms with Crippen molar-refractivity contribution < 1.29 is 22.7 Å². The van der Waals surface area contributed by atoms with Gasteiger partial charge in [0.15, 0.2) is 0 Å². The molecule has 1 fully saturated rings. The summed E-state index contributed by atoms with van der Waals surface area (Å²) >= 11 is 0. The fourth-order valence-electron chi connectivity index (χ4n) is 4.11. The van der Waals surface area contributed by atoms with E-state index in [0.29, 0.717) is 22.2 Å². The summed E-state index contributed by atoms with van der Waals surface area (Å²) in [5, 5.41) is 15.6. The number of anilines is 1. The van der Waals surface area contributed by atoms with E-state index in [4.69, 9.17) is 5.73 Å². The van der Waals surface area contributed by atoms with E-state index in [-0.39, 0.29) is 11.1 Å². The molecule has 1 saturated carbocycles. The number of alkyl halides is 3. The van der Waals surface area contributed by atoms with Gasteiger partial charge in [0.1, 0.15) is 17.0 Å². The molecule has 1 aliphatic rings. The number of pyridine rings is 1. The molecule has 1 aliphatic carbocycles. The van der Waals surface area contributed by atoms with Crippen molar-refractivity contribution in [3.63, 3.8) is 0 Å². The highest BCUT2D eigenvalue weighted by Crippen LogP contribution is 2.29. The van der Waals surface area contributed by atoms with E-state index >= 15 is 0 Å². The number of aryl methyl sites for hydroxylation is 1. The minimum Gasteiger partial charge on any atom is -0.397 e. The van der Waals surface area contributed by atoms with Crippen LogP contribution in [0.15, 0.2) is 52.6 Å². The Morgan fingerprint density at radius 1 is 0.976 bits per heavy atom. The zero-order chi connectivity index (χ0) is 30.4. The smallest absolute Gasteiger partial charge is 0.397 e. The summed E-state index contributed by atoms with van der Waals surface area (Å²) < 4.78 is 51.7. The Morgan fingerprint density at radius 3 is 2.05 bits per heavy atom. The Balaban J connectivity index is 0.000000212. The standard InChI is InChI=1S/C17H16FN3O2.C6H12.C5H4F3N3O/c1-17(2,23)15-9-19-14(8-20-15)12-6-10-4-5-21(3)16(22)11(10)7-13(12)18;1-2-4-6-5-3-1;6-5(7,8)3-2(9)1-10-11-4(3)12/h4-9,23H,1-3H3;1-6H2;1H,(H3,9,11,12). The van der Waals surface area contributed by atoms with Crippen LogP contribution in [-0.4, -0.2) is 29.8 Å². The predicted molar refractivity (Wildman–Crippen MR) is 147 cm³/mol. The molecule has 4 aromatic rings. The summed E-state index contributed by atoms with van der Waals surface area (Å²) in [7, 11) is 1.62. The Hall–Kier alpha value is -4.13. The van der Waals surface area contributed by atoms with Crippen molar-refractivity contribution in [2.45, 2.75) is 64.1 Å². The molecule has 0 amide bonds. The molecule has 3 aromatic heterocycles. The fraction of sp³-hybridized carbons (Fsp3) is 0.393. The Kier molecular flexibility index (Phi) is 9.97. The van der Waals surface area contributed by atoms with E-state index in [9.17, 15) is 32.3 Å². The topological polar surface area (TPSA) is 140 Å². The van der Waals surface area contributed by atoms with Gasteiger partial charge in [-0.2, -0.15) is 18.3 Å². The average Bonchev–Trinajstić information content (AvgIpc) is 2.91. The normalized spacial score (nSPS) is 13.6. The Bertz CT molecular complexity index is 1580. The van der Waals surface area contributed by atoms with Crippen LogP contribution in [0.4, 0.5) is 23.2 Å². The van der Waals surface area contributed by atoms with E-state index in [1.54, 1.807) is 44.3 Å². The third-order valence-electron chi connectivity index (χ3n) is 6.39. The molecule has 0 unspecified atom stereocenters. The summed E-state index contributed by atoms with van der Waals surface area (Å²) in [5.74, 6) is -0.536. The molecule has 220 valence electrons. The number of nitrogens with two attached hydrogens (primary N) is 1. The molecule has 0 radical (unpaired) electrons. The maximum Gasteiger partial charge on any atom is 0.423 e. The van der Waals surface area contributed by atoms with Crippen LogP contribution in [-0.2, 0) is 18.8 Å². The molecule has 0 atom stereocenters. The zero-order valence-corrected chi connectivity index (χ0v) is 22.9. The van der Waals surface area contributed by atoms with E-state index in [0.717, 1.165) is 6.20 Å². The number of aromatic amines is 1. The number of benzene rings is 1. The summed E-state index contributed by atoms with van der Waals surface area (Å²) in [6, 6.07) is 4.55. The van der Waals surface area contributed by atoms with E-state index < -0.39 is 34.4 Å². The van der Waals surface area contributed by atoms with Gasteiger partial charge in [-0.15, -0.1) is 0 Å². The van der Waals surface area contributed by atoms with Gasteiger partial charge in [0.05, 0.1) is 41.1 Å². The van der Waals surface area contributed by atoms with Gasteiger partial charge in [-0.05, 0) is 37.4 Å². The van der Waals surface area contributed by atoms with Crippen LogP contribution < -0.4 is 16.9 Å². The maximum absolute atomic E-state index is 14.4. The van der Waals surface area contributed by atoms with Crippen LogP contribution in [0, 0.1) is 5.82 Å². The van der Waals surface area contributed by atoms with E-state index in [1.807, 2.05) is 0 Å². The molecule has 9 nitrogen and oxygen atoms in total. The number of aromatic nitrogens is 5. The number of hydrogen-bond acceptors (Lipinski definition) is 7. The molecule has 3 heterocycles. The van der Waals surface area contributed by atoms with Crippen molar-refractivity contribution >= 4 is 16.5 Å². The van der Waals surface area contributed by atoms with Gasteiger partial charge in [-0.3, -0.25) is 19.6 Å². The van der Waals surface area contributed by atoms with Gasteiger partial charge < -0.3 is 15.4 Å². The molecule has 0 spiro atoms. The number of fused-ring (bicyclic) bond motifs is 1. The monoisotopic (exact) mass is 576 g/mol. The molecular weight excluding hydrogens is 544 g/mol. The number of aliphatic hydroxyl groups is 1. The Morgan fingerprint density at radius 2 is 1.59 bits per heavy atom. The highest BCUT2D eigenvalue weighted by Gasteiger charge is 2.36. The maximum atomic E-state index is 14.4. The molecular formula is C28H32F4N6O3. The minimum absolute atomic E-state index is 0.253. The lowest BCUT2D eigenvalue weighted by atomic mass is 10.0. The summed E-state index contributed by atoms with van der Waals surface area (Å²) in [6.45, 7) is 3.20. The first-order chi connectivity index (χ1) is 19.2. The fourth-order valence-corrected chi connectivity index (χ4v) is 4.11. The zero-order valence-electron chi connectivity index (χ0n) is 22.9. The van der Waals surface area contributed by atoms with E-state index in [1.165, 1.54) is 61.6 Å². The van der Waals surface area contributed by atoms with Crippen LogP contribution >= 0.6 is 0 Å². The highest BCUT2D eigenvalue weighted by atomic mass is 19.4. The largest absolute Gasteiger partial charge is 0.423 e. The second-order valence-corrected chi connectivity index (χ2v) is 10.1. The molecule has 0 aliphatic heterocycles. The third kappa shape index (κ3) is 8.19. The Labute approximate surface area is 233 Å². The average molecular weight is 577 g/mol. The molecule has 4 N–H and O–H groups in total. The van der Waals surface area contributed by atoms with Crippen LogP contribution in [0.2, 0.25) is 0 Å². The minimum atomic E-state index is -4.74. The van der Waals surface area contributed by atoms with Gasteiger partial charge in [-0.1, -0.05) is 38.5 Å².